The molecule has 0 heterocycles. The van der Waals surface area contributed by atoms with Gasteiger partial charge < -0.3 is 0 Å². The summed E-state index contributed by atoms with van der Waals surface area (Å²) in [6.45, 7) is 6.50. The zero-order chi connectivity index (χ0) is 77.8. The van der Waals surface area contributed by atoms with Crippen molar-refractivity contribution in [2.24, 2.45) is 0 Å². The lowest BCUT2D eigenvalue weighted by Crippen LogP contribution is -2.75. The molecule has 548 valence electrons. The predicted octanol–water partition coefficient (Wildman–Crippen LogP) is 24.4. The Morgan fingerprint density at radius 3 is 0.817 bits per heavy atom. The van der Waals surface area contributed by atoms with Crippen LogP contribution in [0.1, 0.15) is 16.7 Å². The lowest BCUT2D eigenvalue weighted by molar-refractivity contribution is 1.47. The van der Waals surface area contributed by atoms with Crippen LogP contribution in [0.4, 0.5) is 0 Å². The van der Waals surface area contributed by atoms with Crippen LogP contribution in [0.2, 0.25) is 0 Å². The molecule has 0 saturated carbocycles. The third kappa shape index (κ3) is 14.9. The van der Waals surface area contributed by atoms with Crippen LogP contribution >= 0.6 is 0 Å². The highest BCUT2D eigenvalue weighted by Crippen LogP contribution is 2.43. The quantitative estimate of drug-likeness (QED) is 0.0514. The van der Waals surface area contributed by atoms with Crippen molar-refractivity contribution in [1.82, 2.24) is 0 Å². The van der Waals surface area contributed by atoms with Crippen LogP contribution in [0.5, 0.6) is 0 Å². The van der Waals surface area contributed by atoms with E-state index in [-0.39, 0.29) is 0 Å². The highest BCUT2D eigenvalue weighted by atomic mass is 28.3. The minimum atomic E-state index is -2.76. The summed E-state index contributed by atoms with van der Waals surface area (Å²) in [7, 11) is -5.43. The highest BCUT2D eigenvalue weighted by molar-refractivity contribution is 7.21. The summed E-state index contributed by atoms with van der Waals surface area (Å²) in [5.41, 5.74) is 23.9. The average Bonchev–Trinajstić information content (AvgIpc) is 0.728. The topological polar surface area (TPSA) is 0 Å². The number of hydrogen-bond donors (Lipinski definition) is 0. The molecule has 0 N–H and O–H groups in total. The lowest BCUT2D eigenvalue weighted by atomic mass is 9.89. The highest BCUT2D eigenvalue weighted by Gasteiger charge is 2.44. The molecule has 0 aliphatic heterocycles. The van der Waals surface area contributed by atoms with Crippen molar-refractivity contribution in [2.45, 2.75) is 20.8 Å². The maximum absolute atomic E-state index is 2.76. The summed E-state index contributed by atoms with van der Waals surface area (Å²) in [6, 6.07) is 176. The van der Waals surface area contributed by atoms with Crippen LogP contribution in [0.25, 0.3) is 111 Å². The maximum atomic E-state index is 2.50. The van der Waals surface area contributed by atoms with E-state index in [0.29, 0.717) is 0 Å². The molecule has 19 rings (SSSR count). The summed E-state index contributed by atoms with van der Waals surface area (Å²) in [6.07, 6.45) is 0. The minimum absolute atomic E-state index is 1.22. The molecule has 0 atom stereocenters. The monoisotopic (exact) mass is 1500 g/mol. The molecule has 0 aromatic heterocycles. The Hall–Kier alpha value is -13.9. The standard InChI is InChI=1S/2C43H34Si.C27H20/c1-33-30-31-42(41-29-17-16-28-40(41)39-27-15-14-26-38(39)34-18-6-2-7-19-34)43(32-33)44(35-20-8-3-9-21-35,36-22-10-4-11-23-36)37-24-12-5-13-25-37;1-33-26-28-35(29-27-33)40-24-14-15-25-41(40)42-31-30-39(32-43(42)34-16-6-2-7-17-34)44(36-18-8-3-9-19-36,37-20-10-4-11-21-37)38-22-12-5-13-23-38;1-19-14-16-20(17-15-19)22-9-4-5-12-25(22)27-18-21-8-2-3-10-23(21)24-11-6-7-13-26(24)27/h2*2-32H,1H3;2-18H,1H3. The van der Waals surface area contributed by atoms with E-state index >= 15 is 0 Å². The largest absolute Gasteiger partial charge is 0.180 e. The van der Waals surface area contributed by atoms with Crippen molar-refractivity contribution < 1.29 is 0 Å². The van der Waals surface area contributed by atoms with E-state index in [1.807, 2.05) is 0 Å². The van der Waals surface area contributed by atoms with Gasteiger partial charge in [-0.25, -0.2) is 0 Å². The fourth-order valence-electron chi connectivity index (χ4n) is 17.4. The molecule has 0 fully saturated rings. The van der Waals surface area contributed by atoms with Gasteiger partial charge in [-0.15, -0.1) is 0 Å². The first-order chi connectivity index (χ1) is 56.8. The van der Waals surface area contributed by atoms with Gasteiger partial charge in [-0.3, -0.25) is 0 Å². The van der Waals surface area contributed by atoms with Crippen LogP contribution < -0.4 is 41.5 Å². The van der Waals surface area contributed by atoms with Crippen molar-refractivity contribution in [2.75, 3.05) is 0 Å². The average molecular weight is 1500 g/mol. The second-order valence-electron chi connectivity index (χ2n) is 29.8. The summed E-state index contributed by atoms with van der Waals surface area (Å²) in [4.78, 5) is 0. The molecule has 0 spiro atoms. The Bertz CT molecular complexity index is 6300. The molecule has 2 heteroatoms. The molecule has 19 aromatic carbocycles. The Kier molecular flexibility index (Phi) is 21.8. The normalized spacial score (nSPS) is 11.3. The summed E-state index contributed by atoms with van der Waals surface area (Å²) < 4.78 is 0. The molecule has 0 aliphatic carbocycles. The minimum Gasteiger partial charge on any atom is -0.0623 e. The van der Waals surface area contributed by atoms with Crippen LogP contribution in [0.15, 0.2) is 479 Å². The molecule has 0 bridgehead atoms. The van der Waals surface area contributed by atoms with Gasteiger partial charge in [0.25, 0.3) is 0 Å². The van der Waals surface area contributed by atoms with E-state index < -0.39 is 16.1 Å². The Balaban J connectivity index is 0.000000128. The van der Waals surface area contributed by atoms with Gasteiger partial charge in [-0.2, -0.15) is 0 Å². The van der Waals surface area contributed by atoms with E-state index in [9.17, 15) is 0 Å². The van der Waals surface area contributed by atoms with Gasteiger partial charge in [0.05, 0.1) is 0 Å². The number of aryl methyl sites for hydroxylation is 3. The van der Waals surface area contributed by atoms with E-state index in [2.05, 4.69) is 500 Å². The molecule has 115 heavy (non-hydrogen) atoms. The Labute approximate surface area is 680 Å². The van der Waals surface area contributed by atoms with Crippen molar-refractivity contribution >= 4 is 79.2 Å². The van der Waals surface area contributed by atoms with Gasteiger partial charge in [-0.05, 0) is 179 Å². The predicted molar refractivity (Wildman–Crippen MR) is 499 cm³/mol. The molecule has 0 amide bonds. The molecular weight excluding hydrogens is 1410 g/mol. The van der Waals surface area contributed by atoms with Crippen molar-refractivity contribution in [3.05, 3.63) is 496 Å². The van der Waals surface area contributed by atoms with Crippen molar-refractivity contribution in [3.63, 3.8) is 0 Å². The molecule has 0 nitrogen and oxygen atoms in total. The fraction of sp³-hybridized carbons (Fsp3) is 0.0265. The number of benzene rings is 19. The van der Waals surface area contributed by atoms with Gasteiger partial charge in [0.1, 0.15) is 0 Å². The summed E-state index contributed by atoms with van der Waals surface area (Å²) >= 11 is 0. The second-order valence-corrected chi connectivity index (χ2v) is 37.4. The van der Waals surface area contributed by atoms with Crippen molar-refractivity contribution in [3.8, 4) is 89.0 Å². The van der Waals surface area contributed by atoms with Crippen LogP contribution in [-0.4, -0.2) is 16.1 Å². The molecule has 0 unspecified atom stereocenters. The second kappa shape index (κ2) is 34.0. The molecule has 0 saturated heterocycles. The van der Waals surface area contributed by atoms with E-state index in [0.717, 1.165) is 0 Å². The number of hydrogen-bond acceptors (Lipinski definition) is 0. The summed E-state index contributed by atoms with van der Waals surface area (Å²) in [5.74, 6) is 0. The van der Waals surface area contributed by atoms with Gasteiger partial charge in [-0.1, -0.05) is 490 Å². The van der Waals surface area contributed by atoms with Gasteiger partial charge in [0.2, 0.25) is 0 Å². The van der Waals surface area contributed by atoms with Gasteiger partial charge in [0.15, 0.2) is 16.1 Å². The zero-order valence-corrected chi connectivity index (χ0v) is 67.1. The summed E-state index contributed by atoms with van der Waals surface area (Å²) in [5, 5.41) is 16.3. The van der Waals surface area contributed by atoms with E-state index in [4.69, 9.17) is 0 Å². The third-order valence-corrected chi connectivity index (χ3v) is 32.4. The first kappa shape index (κ1) is 73.9. The molecule has 0 aliphatic rings. The van der Waals surface area contributed by atoms with Crippen molar-refractivity contribution in [1.29, 1.82) is 0 Å². The fourth-order valence-corrected chi connectivity index (χ4v) is 27.2. The first-order valence-corrected chi connectivity index (χ1v) is 43.9. The van der Waals surface area contributed by atoms with E-state index in [1.165, 1.54) is 169 Å². The smallest absolute Gasteiger partial charge is 0.0623 e. The van der Waals surface area contributed by atoms with Crippen LogP contribution in [-0.2, 0) is 0 Å². The van der Waals surface area contributed by atoms with Crippen LogP contribution in [0, 0.1) is 20.8 Å². The third-order valence-electron chi connectivity index (χ3n) is 22.8. The Morgan fingerprint density at radius 1 is 0.139 bits per heavy atom. The van der Waals surface area contributed by atoms with Crippen LogP contribution in [0.3, 0.4) is 0 Å². The number of fused-ring (bicyclic) bond motifs is 3. The first-order valence-electron chi connectivity index (χ1n) is 39.9. The molecular formula is C113H88Si2. The zero-order valence-electron chi connectivity index (χ0n) is 65.1. The van der Waals surface area contributed by atoms with Gasteiger partial charge in [0, 0.05) is 0 Å². The van der Waals surface area contributed by atoms with E-state index in [1.54, 1.807) is 0 Å². The molecule has 0 radical (unpaired) electrons. The van der Waals surface area contributed by atoms with Gasteiger partial charge >= 0.3 is 0 Å². The SMILES string of the molecule is Cc1ccc(-c2ccccc2-c2cc3ccccc3c3ccccc23)cc1.Cc1ccc(-c2ccccc2-c2ccc([Si](c3ccccc3)(c3ccccc3)c3ccccc3)cc2-c2ccccc2)cc1.Cc1ccc(-c2ccccc2-c2ccccc2-c2ccccc2)c([Si](c2ccccc2)(c2ccccc2)c2ccccc2)c1. The Morgan fingerprint density at radius 2 is 0.409 bits per heavy atom. The number of rotatable bonds is 16. The molecule has 19 aromatic rings. The maximum Gasteiger partial charge on any atom is 0.180 e. The lowest BCUT2D eigenvalue weighted by Gasteiger charge is -2.36.